The summed E-state index contributed by atoms with van der Waals surface area (Å²) in [7, 11) is 0. The molecule has 0 saturated carbocycles. The number of ether oxygens (including phenoxy) is 1. The molecule has 3 aromatic heterocycles. The third-order valence-corrected chi connectivity index (χ3v) is 4.13. The van der Waals surface area contributed by atoms with E-state index in [9.17, 15) is 4.79 Å². The molecule has 1 aliphatic rings. The van der Waals surface area contributed by atoms with Crippen LogP contribution in [0.3, 0.4) is 0 Å². The van der Waals surface area contributed by atoms with Crippen molar-refractivity contribution in [2.24, 2.45) is 0 Å². The van der Waals surface area contributed by atoms with E-state index in [1.54, 1.807) is 35.4 Å². The molecule has 1 atom stereocenters. The lowest BCUT2D eigenvalue weighted by atomic mass is 10.3. The molecule has 130 valence electrons. The smallest absolute Gasteiger partial charge is 0.290 e. The van der Waals surface area contributed by atoms with Gasteiger partial charge in [-0.15, -0.1) is 0 Å². The van der Waals surface area contributed by atoms with Crippen molar-refractivity contribution in [3.63, 3.8) is 0 Å². The van der Waals surface area contributed by atoms with Crippen LogP contribution in [0.5, 0.6) is 5.88 Å². The molecule has 1 aliphatic heterocycles. The number of fused-ring (bicyclic) bond motifs is 1. The van der Waals surface area contributed by atoms with E-state index in [2.05, 4.69) is 10.1 Å². The Hall–Kier alpha value is -3.60. The molecular formula is C18H15N5O3. The first kappa shape index (κ1) is 15.9. The first-order valence-corrected chi connectivity index (χ1v) is 8.09. The summed E-state index contributed by atoms with van der Waals surface area (Å²) in [5, 5.41) is 13.2. The van der Waals surface area contributed by atoms with Gasteiger partial charge in [-0.2, -0.15) is 10.4 Å². The van der Waals surface area contributed by atoms with Crippen LogP contribution in [-0.4, -0.2) is 38.2 Å². The van der Waals surface area contributed by atoms with Gasteiger partial charge < -0.3 is 14.1 Å². The van der Waals surface area contributed by atoms with Crippen LogP contribution in [0.25, 0.3) is 0 Å². The third-order valence-electron chi connectivity index (χ3n) is 4.13. The molecule has 0 fully saturated rings. The predicted octanol–water partition coefficient (Wildman–Crippen LogP) is 1.85. The minimum atomic E-state index is -0.338. The Bertz CT molecular complexity index is 940. The molecule has 0 saturated heterocycles. The number of carbonyl (C=O) groups is 1. The van der Waals surface area contributed by atoms with Gasteiger partial charge >= 0.3 is 0 Å². The number of hydrogen-bond donors (Lipinski definition) is 0. The molecule has 4 heterocycles. The summed E-state index contributed by atoms with van der Waals surface area (Å²) in [6.45, 7) is 1.27. The van der Waals surface area contributed by atoms with Crippen molar-refractivity contribution in [2.75, 3.05) is 6.54 Å². The number of rotatable bonds is 3. The second-order valence-electron chi connectivity index (χ2n) is 5.90. The van der Waals surface area contributed by atoms with E-state index in [0.29, 0.717) is 31.1 Å². The summed E-state index contributed by atoms with van der Waals surface area (Å²) in [6, 6.07) is 10.5. The molecule has 3 aromatic rings. The van der Waals surface area contributed by atoms with Gasteiger partial charge in [-0.05, 0) is 24.3 Å². The van der Waals surface area contributed by atoms with Crippen molar-refractivity contribution < 1.29 is 13.9 Å². The summed E-state index contributed by atoms with van der Waals surface area (Å²) < 4.78 is 13.0. The summed E-state index contributed by atoms with van der Waals surface area (Å²) in [5.74, 6) is 0.481. The monoisotopic (exact) mass is 349 g/mol. The number of carbonyl (C=O) groups excluding carboxylic acids is 1. The fourth-order valence-corrected chi connectivity index (χ4v) is 2.89. The van der Waals surface area contributed by atoms with Crippen LogP contribution < -0.4 is 4.74 Å². The molecule has 8 nitrogen and oxygen atoms in total. The van der Waals surface area contributed by atoms with E-state index < -0.39 is 0 Å². The van der Waals surface area contributed by atoms with Gasteiger partial charge in [-0.25, -0.2) is 4.98 Å². The lowest BCUT2D eigenvalue weighted by Crippen LogP contribution is -2.38. The zero-order chi connectivity index (χ0) is 17.9. The maximum Gasteiger partial charge on any atom is 0.290 e. The lowest BCUT2D eigenvalue weighted by molar-refractivity contribution is 0.0614. The molecule has 0 bridgehead atoms. The van der Waals surface area contributed by atoms with Gasteiger partial charge in [0.1, 0.15) is 12.2 Å². The van der Waals surface area contributed by atoms with E-state index in [0.717, 1.165) is 5.69 Å². The van der Waals surface area contributed by atoms with Crippen LogP contribution in [0.2, 0.25) is 0 Å². The standard InChI is InChI=1S/C18H15N5O3/c19-8-13-3-4-17(20-9-13)26-15-11-22(18(24)16-2-1-7-25-16)10-14-5-6-21-23(14)12-15/h1-7,9,15H,10-12H2/t15-/m1/s1. The van der Waals surface area contributed by atoms with Crippen molar-refractivity contribution in [3.8, 4) is 11.9 Å². The molecule has 0 N–H and O–H groups in total. The number of nitrogens with zero attached hydrogens (tertiary/aromatic N) is 5. The topological polar surface area (TPSA) is 97.2 Å². The summed E-state index contributed by atoms with van der Waals surface area (Å²) in [6.07, 6.45) is 4.30. The predicted molar refractivity (Wildman–Crippen MR) is 89.0 cm³/mol. The first-order valence-electron chi connectivity index (χ1n) is 8.09. The van der Waals surface area contributed by atoms with Crippen LogP contribution in [0, 0.1) is 11.3 Å². The average molecular weight is 349 g/mol. The fraction of sp³-hybridized carbons (Fsp3) is 0.222. The van der Waals surface area contributed by atoms with Crippen molar-refractivity contribution >= 4 is 5.91 Å². The van der Waals surface area contributed by atoms with Crippen LogP contribution in [0.1, 0.15) is 21.8 Å². The quantitative estimate of drug-likeness (QED) is 0.716. The molecule has 0 aromatic carbocycles. The highest BCUT2D eigenvalue weighted by Gasteiger charge is 2.28. The van der Waals surface area contributed by atoms with Crippen molar-refractivity contribution in [1.82, 2.24) is 19.7 Å². The van der Waals surface area contributed by atoms with Gasteiger partial charge in [0.05, 0.1) is 37.2 Å². The Labute approximate surface area is 149 Å². The normalized spacial score (nSPS) is 16.4. The zero-order valence-corrected chi connectivity index (χ0v) is 13.8. The molecule has 26 heavy (non-hydrogen) atoms. The largest absolute Gasteiger partial charge is 0.470 e. The van der Waals surface area contributed by atoms with E-state index in [-0.39, 0.29) is 17.8 Å². The average Bonchev–Trinajstić information content (AvgIpc) is 3.31. The minimum absolute atomic E-state index is 0.203. The summed E-state index contributed by atoms with van der Waals surface area (Å²) in [5.41, 5.74) is 1.38. The Morgan fingerprint density at radius 3 is 2.96 bits per heavy atom. The van der Waals surface area contributed by atoms with Crippen LogP contribution in [0.15, 0.2) is 53.4 Å². The second-order valence-corrected chi connectivity index (χ2v) is 5.90. The van der Waals surface area contributed by atoms with Crippen molar-refractivity contribution in [2.45, 2.75) is 19.2 Å². The number of aromatic nitrogens is 3. The van der Waals surface area contributed by atoms with Crippen molar-refractivity contribution in [3.05, 3.63) is 66.0 Å². The number of pyridine rings is 1. The van der Waals surface area contributed by atoms with E-state index in [1.807, 2.05) is 16.8 Å². The van der Waals surface area contributed by atoms with Crippen LogP contribution >= 0.6 is 0 Å². The lowest BCUT2D eigenvalue weighted by Gasteiger charge is -2.23. The molecule has 0 aliphatic carbocycles. The maximum absolute atomic E-state index is 12.7. The zero-order valence-electron chi connectivity index (χ0n) is 13.8. The first-order chi connectivity index (χ1) is 12.7. The van der Waals surface area contributed by atoms with E-state index in [1.165, 1.54) is 12.5 Å². The van der Waals surface area contributed by atoms with Gasteiger partial charge in [-0.3, -0.25) is 9.48 Å². The Kier molecular flexibility index (Phi) is 4.11. The van der Waals surface area contributed by atoms with E-state index in [4.69, 9.17) is 14.4 Å². The van der Waals surface area contributed by atoms with Gasteiger partial charge in [0, 0.05) is 18.5 Å². The summed E-state index contributed by atoms with van der Waals surface area (Å²) >= 11 is 0. The van der Waals surface area contributed by atoms with Gasteiger partial charge in [-0.1, -0.05) is 0 Å². The molecule has 0 unspecified atom stereocenters. The molecule has 1 amide bonds. The van der Waals surface area contributed by atoms with Crippen LogP contribution in [-0.2, 0) is 13.1 Å². The molecule has 0 radical (unpaired) electrons. The number of furan rings is 1. The minimum Gasteiger partial charge on any atom is -0.470 e. The third kappa shape index (κ3) is 3.15. The SMILES string of the molecule is N#Cc1ccc(O[C@@H]2CN(C(=O)c3ccco3)Cc3ccnn3C2)nc1. The molecule has 0 spiro atoms. The Morgan fingerprint density at radius 1 is 1.31 bits per heavy atom. The van der Waals surface area contributed by atoms with Crippen molar-refractivity contribution in [1.29, 1.82) is 5.26 Å². The Morgan fingerprint density at radius 2 is 2.23 bits per heavy atom. The maximum atomic E-state index is 12.7. The molecular weight excluding hydrogens is 334 g/mol. The van der Waals surface area contributed by atoms with Gasteiger partial charge in [0.15, 0.2) is 5.76 Å². The second kappa shape index (κ2) is 6.72. The van der Waals surface area contributed by atoms with Gasteiger partial charge in [0.25, 0.3) is 5.91 Å². The van der Waals surface area contributed by atoms with E-state index >= 15 is 0 Å². The van der Waals surface area contributed by atoms with Gasteiger partial charge in [0.2, 0.25) is 5.88 Å². The van der Waals surface area contributed by atoms with Crippen LogP contribution in [0.4, 0.5) is 0 Å². The highest BCUT2D eigenvalue weighted by molar-refractivity contribution is 5.91. The number of nitriles is 1. The number of amides is 1. The highest BCUT2D eigenvalue weighted by atomic mass is 16.5. The Balaban J connectivity index is 1.57. The number of hydrogen-bond acceptors (Lipinski definition) is 6. The highest BCUT2D eigenvalue weighted by Crippen LogP contribution is 2.18. The molecule has 4 rings (SSSR count). The summed E-state index contributed by atoms with van der Waals surface area (Å²) in [4.78, 5) is 18.5. The fourth-order valence-electron chi connectivity index (χ4n) is 2.89. The molecule has 8 heteroatoms.